The van der Waals surface area contributed by atoms with Crippen LogP contribution in [0, 0.1) is 0 Å². The van der Waals surface area contributed by atoms with Crippen LogP contribution < -0.4 is 5.73 Å². The van der Waals surface area contributed by atoms with E-state index in [4.69, 9.17) is 10.5 Å². The molecule has 116 valence electrons. The Hall–Kier alpha value is -0.650. The molecular formula is C15H29N3O2. The van der Waals surface area contributed by atoms with Crippen molar-refractivity contribution in [2.45, 2.75) is 50.6 Å². The van der Waals surface area contributed by atoms with Crippen molar-refractivity contribution in [3.8, 4) is 0 Å². The molecule has 20 heavy (non-hydrogen) atoms. The molecule has 2 rings (SSSR count). The Morgan fingerprint density at radius 2 is 1.90 bits per heavy atom. The Bertz CT molecular complexity index is 297. The predicted molar refractivity (Wildman–Crippen MR) is 79.5 cm³/mol. The van der Waals surface area contributed by atoms with Crippen LogP contribution in [0.2, 0.25) is 0 Å². The normalized spacial score (nSPS) is 23.2. The first-order valence-electron chi connectivity index (χ1n) is 7.99. The zero-order valence-electron chi connectivity index (χ0n) is 12.7. The maximum absolute atomic E-state index is 12.3. The first-order valence-corrected chi connectivity index (χ1v) is 7.99. The van der Waals surface area contributed by atoms with Gasteiger partial charge in [-0.2, -0.15) is 0 Å². The highest BCUT2D eigenvalue weighted by atomic mass is 16.5. The van der Waals surface area contributed by atoms with Crippen LogP contribution in [-0.2, 0) is 9.53 Å². The standard InChI is InChI=1S/C15H29N3O2/c1-20-12-4-7-14(16)15(19)18-10-8-17(9-11-18)13-5-2-3-6-13/h13-14H,2-12,16H2,1H3. The van der Waals surface area contributed by atoms with Gasteiger partial charge in [-0.05, 0) is 25.7 Å². The Morgan fingerprint density at radius 1 is 1.25 bits per heavy atom. The lowest BCUT2D eigenvalue weighted by Gasteiger charge is -2.38. The van der Waals surface area contributed by atoms with Gasteiger partial charge < -0.3 is 15.4 Å². The quantitative estimate of drug-likeness (QED) is 0.734. The molecule has 2 N–H and O–H groups in total. The van der Waals surface area contributed by atoms with Crippen LogP contribution in [-0.4, -0.2) is 67.7 Å². The average Bonchev–Trinajstić information content (AvgIpc) is 3.01. The van der Waals surface area contributed by atoms with Gasteiger partial charge in [0.15, 0.2) is 0 Å². The fourth-order valence-electron chi connectivity index (χ4n) is 3.38. The highest BCUT2D eigenvalue weighted by molar-refractivity contribution is 5.81. The summed E-state index contributed by atoms with van der Waals surface area (Å²) in [5, 5.41) is 0. The number of methoxy groups -OCH3 is 1. The summed E-state index contributed by atoms with van der Waals surface area (Å²) >= 11 is 0. The van der Waals surface area contributed by atoms with Crippen molar-refractivity contribution in [3.05, 3.63) is 0 Å². The number of nitrogens with two attached hydrogens (primary N) is 1. The third-order valence-electron chi connectivity index (χ3n) is 4.65. The molecule has 1 unspecified atom stereocenters. The number of ether oxygens (including phenoxy) is 1. The number of hydrogen-bond donors (Lipinski definition) is 1. The lowest BCUT2D eigenvalue weighted by atomic mass is 10.1. The van der Waals surface area contributed by atoms with E-state index in [1.165, 1.54) is 25.7 Å². The fourth-order valence-corrected chi connectivity index (χ4v) is 3.38. The maximum Gasteiger partial charge on any atom is 0.239 e. The topological polar surface area (TPSA) is 58.8 Å². The fraction of sp³-hybridized carbons (Fsp3) is 0.933. The van der Waals surface area contributed by atoms with E-state index in [1.807, 2.05) is 4.90 Å². The molecular weight excluding hydrogens is 254 g/mol. The number of amides is 1. The second-order valence-electron chi connectivity index (χ2n) is 6.04. The number of rotatable bonds is 6. The molecule has 0 bridgehead atoms. The molecule has 5 nitrogen and oxygen atoms in total. The van der Waals surface area contributed by atoms with Crippen molar-refractivity contribution in [1.29, 1.82) is 0 Å². The van der Waals surface area contributed by atoms with Crippen LogP contribution in [0.3, 0.4) is 0 Å². The van der Waals surface area contributed by atoms with Crippen molar-refractivity contribution in [2.24, 2.45) is 5.73 Å². The second-order valence-corrected chi connectivity index (χ2v) is 6.04. The predicted octanol–water partition coefficient (Wildman–Crippen LogP) is 0.827. The van der Waals surface area contributed by atoms with Crippen LogP contribution in [0.1, 0.15) is 38.5 Å². The van der Waals surface area contributed by atoms with Crippen molar-refractivity contribution in [2.75, 3.05) is 39.9 Å². The minimum Gasteiger partial charge on any atom is -0.385 e. The van der Waals surface area contributed by atoms with E-state index in [9.17, 15) is 4.79 Å². The minimum absolute atomic E-state index is 0.118. The summed E-state index contributed by atoms with van der Waals surface area (Å²) in [6.07, 6.45) is 6.98. The van der Waals surface area contributed by atoms with Gasteiger partial charge in [0.05, 0.1) is 6.04 Å². The van der Waals surface area contributed by atoms with E-state index in [0.29, 0.717) is 6.61 Å². The van der Waals surface area contributed by atoms with E-state index in [1.54, 1.807) is 7.11 Å². The number of carbonyl (C=O) groups excluding carboxylic acids is 1. The number of hydrogen-bond acceptors (Lipinski definition) is 4. The van der Waals surface area contributed by atoms with Gasteiger partial charge in [-0.25, -0.2) is 0 Å². The number of piperazine rings is 1. The minimum atomic E-state index is -0.358. The summed E-state index contributed by atoms with van der Waals surface area (Å²) in [5.41, 5.74) is 5.99. The molecule has 2 aliphatic rings. The van der Waals surface area contributed by atoms with Crippen LogP contribution in [0.15, 0.2) is 0 Å². The van der Waals surface area contributed by atoms with Crippen LogP contribution in [0.25, 0.3) is 0 Å². The average molecular weight is 283 g/mol. The third-order valence-corrected chi connectivity index (χ3v) is 4.65. The molecule has 1 amide bonds. The lowest BCUT2D eigenvalue weighted by molar-refractivity contribution is -0.134. The van der Waals surface area contributed by atoms with E-state index in [0.717, 1.165) is 45.1 Å². The molecule has 0 aromatic heterocycles. The highest BCUT2D eigenvalue weighted by Gasteiger charge is 2.29. The molecule has 1 atom stereocenters. The first kappa shape index (κ1) is 15.7. The summed E-state index contributed by atoms with van der Waals surface area (Å²) in [6, 6.07) is 0.408. The van der Waals surface area contributed by atoms with Gasteiger partial charge in [0.2, 0.25) is 5.91 Å². The Labute approximate surface area is 122 Å². The maximum atomic E-state index is 12.3. The second kappa shape index (κ2) is 7.96. The van der Waals surface area contributed by atoms with Gasteiger partial charge in [0, 0.05) is 45.9 Å². The van der Waals surface area contributed by atoms with Crippen molar-refractivity contribution < 1.29 is 9.53 Å². The highest BCUT2D eigenvalue weighted by Crippen LogP contribution is 2.24. The lowest BCUT2D eigenvalue weighted by Crippen LogP contribution is -2.54. The van der Waals surface area contributed by atoms with Gasteiger partial charge in [0.25, 0.3) is 0 Å². The molecule has 1 heterocycles. The molecule has 1 saturated carbocycles. The Morgan fingerprint density at radius 3 is 2.50 bits per heavy atom. The van der Waals surface area contributed by atoms with Gasteiger partial charge in [-0.3, -0.25) is 9.69 Å². The van der Waals surface area contributed by atoms with Crippen molar-refractivity contribution >= 4 is 5.91 Å². The van der Waals surface area contributed by atoms with E-state index in [2.05, 4.69) is 4.90 Å². The summed E-state index contributed by atoms with van der Waals surface area (Å²) in [4.78, 5) is 16.8. The molecule has 5 heteroatoms. The number of nitrogens with zero attached hydrogens (tertiary/aromatic N) is 2. The zero-order valence-corrected chi connectivity index (χ0v) is 12.7. The summed E-state index contributed by atoms with van der Waals surface area (Å²) < 4.78 is 5.00. The van der Waals surface area contributed by atoms with E-state index < -0.39 is 0 Å². The Balaban J connectivity index is 1.70. The van der Waals surface area contributed by atoms with Gasteiger partial charge in [-0.1, -0.05) is 12.8 Å². The summed E-state index contributed by atoms with van der Waals surface area (Å²) in [5.74, 6) is 0.118. The largest absolute Gasteiger partial charge is 0.385 e. The Kier molecular flexibility index (Phi) is 6.26. The monoisotopic (exact) mass is 283 g/mol. The van der Waals surface area contributed by atoms with E-state index in [-0.39, 0.29) is 11.9 Å². The SMILES string of the molecule is COCCCC(N)C(=O)N1CCN(C2CCCC2)CC1. The molecule has 0 spiro atoms. The molecule has 0 aromatic carbocycles. The molecule has 1 saturated heterocycles. The molecule has 0 aromatic rings. The zero-order chi connectivity index (χ0) is 14.4. The smallest absolute Gasteiger partial charge is 0.239 e. The van der Waals surface area contributed by atoms with Gasteiger partial charge in [-0.15, -0.1) is 0 Å². The van der Waals surface area contributed by atoms with Gasteiger partial charge >= 0.3 is 0 Å². The van der Waals surface area contributed by atoms with Crippen molar-refractivity contribution in [3.63, 3.8) is 0 Å². The number of carbonyl (C=O) groups is 1. The first-order chi connectivity index (χ1) is 9.72. The summed E-state index contributed by atoms with van der Waals surface area (Å²) in [7, 11) is 1.68. The van der Waals surface area contributed by atoms with Crippen LogP contribution in [0.5, 0.6) is 0 Å². The van der Waals surface area contributed by atoms with Crippen LogP contribution in [0.4, 0.5) is 0 Å². The third kappa shape index (κ3) is 4.17. The van der Waals surface area contributed by atoms with Crippen molar-refractivity contribution in [1.82, 2.24) is 9.80 Å². The summed E-state index contributed by atoms with van der Waals surface area (Å²) in [6.45, 7) is 4.39. The molecule has 2 fully saturated rings. The molecule has 0 radical (unpaired) electrons. The van der Waals surface area contributed by atoms with Gasteiger partial charge in [0.1, 0.15) is 0 Å². The van der Waals surface area contributed by atoms with E-state index >= 15 is 0 Å². The molecule has 1 aliphatic carbocycles. The van der Waals surface area contributed by atoms with Crippen LogP contribution >= 0.6 is 0 Å². The molecule has 1 aliphatic heterocycles.